The van der Waals surface area contributed by atoms with Gasteiger partial charge in [-0.1, -0.05) is 29.3 Å². The van der Waals surface area contributed by atoms with E-state index in [1.807, 2.05) is 0 Å². The Balaban J connectivity index is 1.36. The largest absolute Gasteiger partial charge is 0.505 e. The number of phenolic OH excluding ortho intramolecular Hbond substituents is 1. The number of amides is 4. The van der Waals surface area contributed by atoms with Crippen LogP contribution in [-0.2, 0) is 19.2 Å². The molecule has 268 valence electrons. The number of hydrogen-bond acceptors (Lipinski definition) is 10. The Labute approximate surface area is 298 Å². The Morgan fingerprint density at radius 1 is 0.865 bits per heavy atom. The van der Waals surface area contributed by atoms with Gasteiger partial charge in [0.05, 0.1) is 49.4 Å². The number of allylic oxidation sites excluding steroid dienone is 2. The monoisotopic (exact) mass is 735 g/mol. The van der Waals surface area contributed by atoms with Gasteiger partial charge in [0.1, 0.15) is 5.82 Å². The maximum atomic E-state index is 15.0. The fourth-order valence-corrected chi connectivity index (χ4v) is 8.85. The second kappa shape index (κ2) is 11.9. The Morgan fingerprint density at radius 2 is 1.52 bits per heavy atom. The number of fused-ring (bicyclic) bond motifs is 4. The fourth-order valence-electron chi connectivity index (χ4n) is 8.68. The number of rotatable bonds is 6. The molecule has 1 N–H and O–H groups in total. The van der Waals surface area contributed by atoms with Gasteiger partial charge in [-0.25, -0.2) is 18.6 Å². The molecule has 7 rings (SSSR count). The molecule has 0 bridgehead atoms. The third-order valence-electron chi connectivity index (χ3n) is 10.9. The van der Waals surface area contributed by atoms with E-state index in [0.717, 1.165) is 41.3 Å². The zero-order valence-corrected chi connectivity index (χ0v) is 28.3. The van der Waals surface area contributed by atoms with Crippen LogP contribution in [-0.4, -0.2) is 52.7 Å². The van der Waals surface area contributed by atoms with Crippen LogP contribution < -0.4 is 14.7 Å². The van der Waals surface area contributed by atoms with Gasteiger partial charge in [-0.15, -0.1) is 0 Å². The van der Waals surface area contributed by atoms with Crippen molar-refractivity contribution < 1.29 is 42.9 Å². The Bertz CT molecular complexity index is 2180. The van der Waals surface area contributed by atoms with Gasteiger partial charge in [-0.2, -0.15) is 0 Å². The van der Waals surface area contributed by atoms with Crippen molar-refractivity contribution >= 4 is 63.7 Å². The number of benzene rings is 3. The van der Waals surface area contributed by atoms with E-state index >= 15 is 0 Å². The second-order valence-corrected chi connectivity index (χ2v) is 14.1. The molecule has 4 amide bonds. The summed E-state index contributed by atoms with van der Waals surface area (Å²) in [7, 11) is 2.74. The normalized spacial score (nSPS) is 26.6. The number of hydrogen-bond donors (Lipinski definition) is 1. The molecule has 4 aliphatic rings. The van der Waals surface area contributed by atoms with Crippen LogP contribution in [0.15, 0.2) is 60.2 Å². The van der Waals surface area contributed by atoms with Crippen LogP contribution in [0.5, 0.6) is 5.75 Å². The lowest BCUT2D eigenvalue weighted by Crippen LogP contribution is -2.48. The third kappa shape index (κ3) is 4.80. The SMILES string of the molecule is CN(C)c1c([N+](=O)[O-])cc(N2C(=O)C3CC=C4C(CC5C(=O)N(c6ccc(F)c(Cl)c6)C(=O)C5(C)C4c4ccc(O)c(F)c4)C3C2=O)cc1[N+](=O)[O-]. The smallest absolute Gasteiger partial charge is 0.301 e. The molecule has 2 aliphatic heterocycles. The minimum Gasteiger partial charge on any atom is -0.505 e. The molecule has 0 radical (unpaired) electrons. The van der Waals surface area contributed by atoms with Gasteiger partial charge >= 0.3 is 11.4 Å². The molecule has 3 aromatic carbocycles. The fraction of sp³-hybridized carbons (Fsp3) is 0.314. The van der Waals surface area contributed by atoms with E-state index in [1.54, 1.807) is 13.0 Å². The highest BCUT2D eigenvalue weighted by Crippen LogP contribution is 2.64. The van der Waals surface area contributed by atoms with E-state index in [0.29, 0.717) is 10.5 Å². The number of aromatic hydroxyl groups is 1. The minimum atomic E-state index is -1.59. The summed E-state index contributed by atoms with van der Waals surface area (Å²) in [6.45, 7) is 1.54. The number of nitro benzene ring substituents is 2. The van der Waals surface area contributed by atoms with Crippen molar-refractivity contribution in [2.24, 2.45) is 29.1 Å². The number of phenols is 1. The zero-order valence-electron chi connectivity index (χ0n) is 27.6. The van der Waals surface area contributed by atoms with Crippen molar-refractivity contribution in [3.8, 4) is 5.75 Å². The topological polar surface area (TPSA) is 185 Å². The first kappa shape index (κ1) is 34.7. The van der Waals surface area contributed by atoms with Gasteiger partial charge in [0.15, 0.2) is 17.3 Å². The molecule has 0 aromatic heterocycles. The number of nitrogens with zero attached hydrogens (tertiary/aromatic N) is 5. The molecule has 2 heterocycles. The van der Waals surface area contributed by atoms with Gasteiger partial charge in [0.25, 0.3) is 0 Å². The lowest BCUT2D eigenvalue weighted by Gasteiger charge is -2.49. The van der Waals surface area contributed by atoms with Gasteiger partial charge in [0, 0.05) is 32.1 Å². The molecule has 52 heavy (non-hydrogen) atoms. The van der Waals surface area contributed by atoms with Crippen LogP contribution in [0.25, 0.3) is 0 Å². The molecule has 2 aliphatic carbocycles. The number of nitro groups is 2. The van der Waals surface area contributed by atoms with Crippen molar-refractivity contribution in [1.82, 2.24) is 0 Å². The standard InChI is InChI=1S/C35H28ClF2N5O9/c1-35-21(32(46)41(34(35)48)16-5-8-23(37)22(36)11-16)14-20-18(29(35)15-4-9-27(44)24(38)10-15)6-7-19-28(20)33(47)40(31(19)45)17-12-25(42(49)50)30(39(2)3)26(13-17)43(51)52/h4-6,8-13,19-21,28-29,44H,7,14H2,1-3H3. The minimum absolute atomic E-state index is 0.00912. The quantitative estimate of drug-likeness (QED) is 0.144. The van der Waals surface area contributed by atoms with Crippen molar-refractivity contribution in [3.05, 3.63) is 103 Å². The first-order valence-corrected chi connectivity index (χ1v) is 16.4. The van der Waals surface area contributed by atoms with Crippen LogP contribution in [0.3, 0.4) is 0 Å². The van der Waals surface area contributed by atoms with E-state index in [1.165, 1.54) is 31.1 Å². The number of imide groups is 2. The summed E-state index contributed by atoms with van der Waals surface area (Å²) < 4.78 is 29.1. The van der Waals surface area contributed by atoms with E-state index in [2.05, 4.69) is 0 Å². The first-order valence-electron chi connectivity index (χ1n) is 16.0. The number of anilines is 3. The average molecular weight is 736 g/mol. The summed E-state index contributed by atoms with van der Waals surface area (Å²) in [5.74, 6) is -10.7. The zero-order chi connectivity index (χ0) is 37.7. The predicted molar refractivity (Wildman–Crippen MR) is 181 cm³/mol. The van der Waals surface area contributed by atoms with E-state index in [9.17, 15) is 53.3 Å². The lowest BCUT2D eigenvalue weighted by atomic mass is 9.51. The molecule has 6 unspecified atom stereocenters. The number of halogens is 3. The van der Waals surface area contributed by atoms with Crippen molar-refractivity contribution in [3.63, 3.8) is 0 Å². The molecule has 6 atom stereocenters. The summed E-state index contributed by atoms with van der Waals surface area (Å²) in [6.07, 6.45) is 1.50. The van der Waals surface area contributed by atoms with Crippen molar-refractivity contribution in [2.45, 2.75) is 25.7 Å². The van der Waals surface area contributed by atoms with Gasteiger partial charge in [-0.3, -0.25) is 39.4 Å². The van der Waals surface area contributed by atoms with Crippen molar-refractivity contribution in [1.29, 1.82) is 0 Å². The highest BCUT2D eigenvalue weighted by atomic mass is 35.5. The highest BCUT2D eigenvalue weighted by molar-refractivity contribution is 6.32. The summed E-state index contributed by atoms with van der Waals surface area (Å²) in [6, 6.07) is 8.72. The Kier molecular flexibility index (Phi) is 7.93. The van der Waals surface area contributed by atoms with Crippen LogP contribution in [0.2, 0.25) is 5.02 Å². The molecule has 17 heteroatoms. The average Bonchev–Trinajstić information content (AvgIpc) is 3.46. The Morgan fingerprint density at radius 3 is 2.10 bits per heavy atom. The lowest BCUT2D eigenvalue weighted by molar-refractivity contribution is -0.392. The Hall–Kier alpha value is -5.77. The summed E-state index contributed by atoms with van der Waals surface area (Å²) in [4.78, 5) is 82.4. The summed E-state index contributed by atoms with van der Waals surface area (Å²) in [5, 5.41) is 33.8. The second-order valence-electron chi connectivity index (χ2n) is 13.7. The van der Waals surface area contributed by atoms with Gasteiger partial charge in [0.2, 0.25) is 23.6 Å². The highest BCUT2D eigenvalue weighted by Gasteiger charge is 2.67. The molecule has 3 aromatic rings. The molecule has 1 saturated carbocycles. The summed E-state index contributed by atoms with van der Waals surface area (Å²) in [5.41, 5.74) is -3.06. The maximum absolute atomic E-state index is 15.0. The van der Waals surface area contributed by atoms with E-state index < -0.39 is 97.2 Å². The molecule has 3 fully saturated rings. The van der Waals surface area contributed by atoms with Crippen LogP contribution in [0.1, 0.15) is 31.2 Å². The van der Waals surface area contributed by atoms with Gasteiger partial charge < -0.3 is 10.0 Å². The van der Waals surface area contributed by atoms with Crippen LogP contribution in [0.4, 0.5) is 37.2 Å². The number of carbonyl (C=O) groups excluding carboxylic acids is 4. The molecule has 2 saturated heterocycles. The van der Waals surface area contributed by atoms with E-state index in [-0.39, 0.29) is 40.5 Å². The molecular formula is C35H28ClF2N5O9. The predicted octanol–water partition coefficient (Wildman–Crippen LogP) is 5.64. The van der Waals surface area contributed by atoms with E-state index in [4.69, 9.17) is 11.6 Å². The number of carbonyl (C=O) groups is 4. The third-order valence-corrected chi connectivity index (χ3v) is 11.2. The maximum Gasteiger partial charge on any atom is 0.301 e. The van der Waals surface area contributed by atoms with Crippen molar-refractivity contribution in [2.75, 3.05) is 28.8 Å². The first-order chi connectivity index (χ1) is 24.5. The molecule has 14 nitrogen and oxygen atoms in total. The van der Waals surface area contributed by atoms with Gasteiger partial charge in [-0.05, 0) is 61.6 Å². The van der Waals surface area contributed by atoms with Crippen LogP contribution in [0, 0.1) is 60.9 Å². The molecular weight excluding hydrogens is 708 g/mol. The van der Waals surface area contributed by atoms with Crippen LogP contribution >= 0.6 is 11.6 Å². The summed E-state index contributed by atoms with van der Waals surface area (Å²) >= 11 is 6.01. The molecule has 0 spiro atoms.